The van der Waals surface area contributed by atoms with Crippen LogP contribution in [0.5, 0.6) is 0 Å². The lowest BCUT2D eigenvalue weighted by Gasteiger charge is -2.19. The van der Waals surface area contributed by atoms with Crippen LogP contribution in [0.1, 0.15) is 24.5 Å². The van der Waals surface area contributed by atoms with Crippen LogP contribution in [-0.4, -0.2) is 46.0 Å². The average molecular weight is 278 g/mol. The molecular weight excluding hydrogens is 263 g/mol. The Labute approximate surface area is 115 Å². The van der Waals surface area contributed by atoms with E-state index < -0.39 is 11.9 Å². The van der Waals surface area contributed by atoms with E-state index in [1.165, 1.54) is 18.2 Å². The number of carbonyl (C=O) groups excluding carboxylic acids is 2. The summed E-state index contributed by atoms with van der Waals surface area (Å²) >= 11 is 0. The number of hydrogen-bond acceptors (Lipinski definition) is 3. The van der Waals surface area contributed by atoms with Crippen molar-refractivity contribution in [2.45, 2.75) is 25.0 Å². The summed E-state index contributed by atoms with van der Waals surface area (Å²) in [5.74, 6) is -0.718. The molecule has 0 radical (unpaired) electrons. The van der Waals surface area contributed by atoms with Crippen molar-refractivity contribution >= 4 is 11.9 Å². The fourth-order valence-corrected chi connectivity index (χ4v) is 2.84. The number of rotatable bonds is 3. The lowest BCUT2D eigenvalue weighted by molar-refractivity contribution is -0.128. The highest BCUT2D eigenvalue weighted by Gasteiger charge is 2.47. The topological polar surface area (TPSA) is 60.9 Å². The summed E-state index contributed by atoms with van der Waals surface area (Å²) < 4.78 is 13.1. The van der Waals surface area contributed by atoms with Crippen LogP contribution in [0.25, 0.3) is 0 Å². The average Bonchev–Trinajstić information content (AvgIpc) is 2.99. The van der Waals surface area contributed by atoms with Crippen LogP contribution in [0.15, 0.2) is 24.3 Å². The number of aliphatic hydroxyl groups is 1. The molecule has 0 aromatic heterocycles. The fraction of sp³-hybridized carbons (Fsp3) is 0.429. The van der Waals surface area contributed by atoms with Crippen LogP contribution < -0.4 is 0 Å². The van der Waals surface area contributed by atoms with Crippen molar-refractivity contribution in [3.05, 3.63) is 35.6 Å². The molecule has 20 heavy (non-hydrogen) atoms. The van der Waals surface area contributed by atoms with Crippen molar-refractivity contribution in [3.8, 4) is 0 Å². The first-order valence-electron chi connectivity index (χ1n) is 6.63. The van der Waals surface area contributed by atoms with Gasteiger partial charge in [0.05, 0.1) is 12.6 Å². The van der Waals surface area contributed by atoms with Crippen LogP contribution >= 0.6 is 0 Å². The van der Waals surface area contributed by atoms with Crippen molar-refractivity contribution in [1.82, 2.24) is 9.80 Å². The summed E-state index contributed by atoms with van der Waals surface area (Å²) in [6, 6.07) is 4.81. The van der Waals surface area contributed by atoms with Crippen molar-refractivity contribution < 1.29 is 19.1 Å². The summed E-state index contributed by atoms with van der Waals surface area (Å²) in [7, 11) is 0. The molecule has 2 fully saturated rings. The van der Waals surface area contributed by atoms with Gasteiger partial charge < -0.3 is 10.0 Å². The summed E-state index contributed by atoms with van der Waals surface area (Å²) in [6.45, 7) is 0.454. The van der Waals surface area contributed by atoms with E-state index in [0.717, 1.165) is 11.3 Å². The standard InChI is InChI=1S/C14H15FN2O3/c15-10-4-1-3-9(7-10)12(18)8-17-13(19)11-5-2-6-16(11)14(17)20/h1,3-4,7,11-12,18H,2,5-6,8H2/t11-,12+/m0/s1. The number of amides is 3. The molecule has 0 aliphatic carbocycles. The molecule has 3 amide bonds. The third-order valence-corrected chi connectivity index (χ3v) is 3.87. The van der Waals surface area contributed by atoms with Gasteiger partial charge in [0.1, 0.15) is 11.9 Å². The minimum absolute atomic E-state index is 0.131. The molecule has 1 N–H and O–H groups in total. The Morgan fingerprint density at radius 2 is 2.20 bits per heavy atom. The Balaban J connectivity index is 1.75. The Hall–Kier alpha value is -1.95. The maximum absolute atomic E-state index is 13.1. The maximum Gasteiger partial charge on any atom is 0.327 e. The smallest absolute Gasteiger partial charge is 0.327 e. The minimum Gasteiger partial charge on any atom is -0.387 e. The van der Waals surface area contributed by atoms with Crippen LogP contribution in [0.3, 0.4) is 0 Å². The van der Waals surface area contributed by atoms with Gasteiger partial charge in [-0.25, -0.2) is 9.18 Å². The van der Waals surface area contributed by atoms with Crippen LogP contribution in [-0.2, 0) is 4.79 Å². The number of carbonyl (C=O) groups is 2. The molecule has 0 spiro atoms. The largest absolute Gasteiger partial charge is 0.387 e. The van der Waals surface area contributed by atoms with Gasteiger partial charge in [0.15, 0.2) is 0 Å². The molecule has 1 aromatic carbocycles. The molecular formula is C14H15FN2O3. The van der Waals surface area contributed by atoms with Crippen molar-refractivity contribution in [3.63, 3.8) is 0 Å². The van der Waals surface area contributed by atoms with Crippen LogP contribution in [0.2, 0.25) is 0 Å². The number of β-amino-alcohol motifs (C(OH)–C–C–N with tert-alkyl or cyclic N) is 1. The monoisotopic (exact) mass is 278 g/mol. The van der Waals surface area contributed by atoms with E-state index >= 15 is 0 Å². The number of urea groups is 1. The van der Waals surface area contributed by atoms with E-state index in [1.807, 2.05) is 0 Å². The number of fused-ring (bicyclic) bond motifs is 1. The lowest BCUT2D eigenvalue weighted by atomic mass is 10.1. The molecule has 1 aromatic rings. The third kappa shape index (κ3) is 2.06. The van der Waals surface area contributed by atoms with E-state index in [0.29, 0.717) is 18.5 Å². The first-order valence-corrected chi connectivity index (χ1v) is 6.63. The van der Waals surface area contributed by atoms with Crippen LogP contribution in [0, 0.1) is 5.82 Å². The Morgan fingerprint density at radius 1 is 1.40 bits per heavy atom. The van der Waals surface area contributed by atoms with Gasteiger partial charge in [-0.05, 0) is 30.5 Å². The second-order valence-corrected chi connectivity index (χ2v) is 5.15. The van der Waals surface area contributed by atoms with Gasteiger partial charge in [-0.15, -0.1) is 0 Å². The number of hydrogen-bond donors (Lipinski definition) is 1. The van der Waals surface area contributed by atoms with Crippen LogP contribution in [0.4, 0.5) is 9.18 Å². The normalized spacial score (nSPS) is 23.4. The lowest BCUT2D eigenvalue weighted by Crippen LogP contribution is -2.36. The van der Waals surface area contributed by atoms with E-state index in [1.54, 1.807) is 11.0 Å². The quantitative estimate of drug-likeness (QED) is 0.847. The number of imide groups is 1. The second-order valence-electron chi connectivity index (χ2n) is 5.15. The Bertz CT molecular complexity index is 541. The van der Waals surface area contributed by atoms with Gasteiger partial charge in [-0.1, -0.05) is 12.1 Å². The Kier molecular flexibility index (Phi) is 3.17. The molecule has 0 saturated carbocycles. The molecule has 2 atom stereocenters. The Morgan fingerprint density at radius 3 is 2.90 bits per heavy atom. The number of nitrogens with zero attached hydrogens (tertiary/aromatic N) is 2. The highest BCUT2D eigenvalue weighted by atomic mass is 19.1. The molecule has 0 unspecified atom stereocenters. The fourth-order valence-electron chi connectivity index (χ4n) is 2.84. The van der Waals surface area contributed by atoms with Crippen molar-refractivity contribution in [2.75, 3.05) is 13.1 Å². The summed E-state index contributed by atoms with van der Waals surface area (Å²) in [4.78, 5) is 26.8. The predicted octanol–water partition coefficient (Wildman–Crippen LogP) is 1.29. The first-order chi connectivity index (χ1) is 9.58. The molecule has 2 saturated heterocycles. The number of benzene rings is 1. The SMILES string of the molecule is O=C1[C@@H]2CCCN2C(=O)N1C[C@@H](O)c1cccc(F)c1. The molecule has 3 rings (SSSR count). The molecule has 106 valence electrons. The first kappa shape index (κ1) is 13.1. The van der Waals surface area contributed by atoms with E-state index in [4.69, 9.17) is 0 Å². The van der Waals surface area contributed by atoms with Crippen molar-refractivity contribution in [2.24, 2.45) is 0 Å². The van der Waals surface area contributed by atoms with E-state index in [-0.39, 0.29) is 24.5 Å². The molecule has 2 heterocycles. The highest BCUT2D eigenvalue weighted by Crippen LogP contribution is 2.28. The predicted molar refractivity (Wildman–Crippen MR) is 68.2 cm³/mol. The zero-order chi connectivity index (χ0) is 14.3. The molecule has 2 aliphatic rings. The molecule has 2 aliphatic heterocycles. The van der Waals surface area contributed by atoms with Gasteiger partial charge in [0, 0.05) is 6.54 Å². The van der Waals surface area contributed by atoms with Gasteiger partial charge in [0.2, 0.25) is 0 Å². The van der Waals surface area contributed by atoms with E-state index in [2.05, 4.69) is 0 Å². The summed E-state index contributed by atoms with van der Waals surface area (Å²) in [5, 5.41) is 10.1. The zero-order valence-electron chi connectivity index (χ0n) is 10.8. The van der Waals surface area contributed by atoms with Gasteiger partial charge in [-0.2, -0.15) is 0 Å². The molecule has 0 bridgehead atoms. The van der Waals surface area contributed by atoms with Gasteiger partial charge in [0.25, 0.3) is 5.91 Å². The van der Waals surface area contributed by atoms with Gasteiger partial charge >= 0.3 is 6.03 Å². The molecule has 5 nitrogen and oxygen atoms in total. The third-order valence-electron chi connectivity index (χ3n) is 3.87. The maximum atomic E-state index is 13.1. The molecule has 6 heteroatoms. The summed E-state index contributed by atoms with van der Waals surface area (Å²) in [5.41, 5.74) is 0.359. The number of halogens is 1. The second kappa shape index (κ2) is 4.86. The van der Waals surface area contributed by atoms with Crippen molar-refractivity contribution in [1.29, 1.82) is 0 Å². The van der Waals surface area contributed by atoms with Gasteiger partial charge in [-0.3, -0.25) is 9.69 Å². The highest BCUT2D eigenvalue weighted by molar-refractivity contribution is 6.04. The van der Waals surface area contributed by atoms with E-state index in [9.17, 15) is 19.1 Å². The zero-order valence-corrected chi connectivity index (χ0v) is 10.8. The summed E-state index contributed by atoms with van der Waals surface area (Å²) in [6.07, 6.45) is 0.443. The minimum atomic E-state index is -1.07. The number of aliphatic hydroxyl groups excluding tert-OH is 1.